The third-order valence-corrected chi connectivity index (χ3v) is 6.11. The summed E-state index contributed by atoms with van der Waals surface area (Å²) in [4.78, 5) is 0. The van der Waals surface area contributed by atoms with Gasteiger partial charge in [-0.15, -0.1) is 0 Å². The molecule has 0 saturated carbocycles. The molecule has 0 amide bonds. The zero-order valence-electron chi connectivity index (χ0n) is 16.7. The molecule has 0 saturated heterocycles. The topological polar surface area (TPSA) is 43.3 Å². The third kappa shape index (κ3) is 3.21. The van der Waals surface area contributed by atoms with Gasteiger partial charge < -0.3 is 14.2 Å². The van der Waals surface area contributed by atoms with Crippen LogP contribution in [0.1, 0.15) is 35.4 Å². The number of halogens is 1. The quantitative estimate of drug-likeness (QED) is 0.495. The molecule has 152 valence electrons. The minimum absolute atomic E-state index is 0.0921. The van der Waals surface area contributed by atoms with Gasteiger partial charge in [0.25, 0.3) is 0 Å². The van der Waals surface area contributed by atoms with Crippen molar-refractivity contribution in [2.24, 2.45) is 5.10 Å². The molecule has 0 aliphatic carbocycles. The van der Waals surface area contributed by atoms with Crippen molar-refractivity contribution in [3.63, 3.8) is 0 Å². The molecule has 0 unspecified atom stereocenters. The van der Waals surface area contributed by atoms with Gasteiger partial charge in [-0.25, -0.2) is 5.01 Å². The highest BCUT2D eigenvalue weighted by Crippen LogP contribution is 2.49. The zero-order chi connectivity index (χ0) is 20.7. The van der Waals surface area contributed by atoms with E-state index in [4.69, 9.17) is 19.3 Å². The van der Waals surface area contributed by atoms with Gasteiger partial charge in [-0.2, -0.15) is 5.10 Å². The fourth-order valence-corrected chi connectivity index (χ4v) is 4.35. The van der Waals surface area contributed by atoms with E-state index < -0.39 is 6.23 Å². The number of rotatable bonds is 4. The summed E-state index contributed by atoms with van der Waals surface area (Å²) >= 11 is 3.51. The first-order chi connectivity index (χ1) is 14.7. The molecule has 0 N–H and O–H groups in total. The maximum absolute atomic E-state index is 6.45. The number of ether oxygens (including phenoxy) is 3. The lowest BCUT2D eigenvalue weighted by atomic mass is 9.96. The highest BCUT2D eigenvalue weighted by Gasteiger charge is 2.42. The van der Waals surface area contributed by atoms with E-state index in [1.54, 1.807) is 14.2 Å². The minimum atomic E-state index is -0.414. The molecule has 5 nitrogen and oxygen atoms in total. The first-order valence-electron chi connectivity index (χ1n) is 9.77. The Kier molecular flexibility index (Phi) is 4.87. The standard InChI is InChI=1S/C24H21BrN2O3/c1-28-17-11-12-22(29-2)19(13-17)24-27-21(18-5-3-4-6-23(18)30-24)14-20(26-27)15-7-9-16(25)10-8-15/h3-13,21,24H,14H2,1-2H3/t21-,24-/m0/s1. The van der Waals surface area contributed by atoms with Crippen LogP contribution in [-0.2, 0) is 0 Å². The van der Waals surface area contributed by atoms with Crippen LogP contribution >= 0.6 is 15.9 Å². The summed E-state index contributed by atoms with van der Waals surface area (Å²) in [6, 6.07) is 22.3. The Labute approximate surface area is 184 Å². The summed E-state index contributed by atoms with van der Waals surface area (Å²) in [6.07, 6.45) is 0.396. The van der Waals surface area contributed by atoms with E-state index in [2.05, 4.69) is 39.1 Å². The van der Waals surface area contributed by atoms with Crippen LogP contribution in [0.25, 0.3) is 0 Å². The third-order valence-electron chi connectivity index (χ3n) is 5.58. The van der Waals surface area contributed by atoms with E-state index in [0.717, 1.165) is 50.5 Å². The Hall–Kier alpha value is -2.99. The molecule has 30 heavy (non-hydrogen) atoms. The lowest BCUT2D eigenvalue weighted by Gasteiger charge is -2.38. The van der Waals surface area contributed by atoms with Crippen LogP contribution in [0.4, 0.5) is 0 Å². The van der Waals surface area contributed by atoms with Crippen LogP contribution in [0.2, 0.25) is 0 Å². The number of para-hydroxylation sites is 1. The fraction of sp³-hybridized carbons (Fsp3) is 0.208. The molecule has 2 aliphatic heterocycles. The van der Waals surface area contributed by atoms with Crippen LogP contribution < -0.4 is 14.2 Å². The molecule has 0 spiro atoms. The maximum Gasteiger partial charge on any atom is 0.217 e. The summed E-state index contributed by atoms with van der Waals surface area (Å²) in [5.41, 5.74) is 4.18. The van der Waals surface area contributed by atoms with E-state index in [1.807, 2.05) is 48.5 Å². The van der Waals surface area contributed by atoms with E-state index in [-0.39, 0.29) is 6.04 Å². The molecule has 0 fully saturated rings. The second kappa shape index (κ2) is 7.69. The molecule has 0 bridgehead atoms. The van der Waals surface area contributed by atoms with E-state index in [9.17, 15) is 0 Å². The van der Waals surface area contributed by atoms with Gasteiger partial charge in [0.2, 0.25) is 6.23 Å². The van der Waals surface area contributed by atoms with Crippen molar-refractivity contribution in [2.45, 2.75) is 18.7 Å². The van der Waals surface area contributed by atoms with Crippen LogP contribution in [0, 0.1) is 0 Å². The zero-order valence-corrected chi connectivity index (χ0v) is 18.3. The van der Waals surface area contributed by atoms with E-state index >= 15 is 0 Å². The van der Waals surface area contributed by atoms with Gasteiger partial charge in [0.15, 0.2) is 0 Å². The molecule has 2 aliphatic rings. The molecule has 5 rings (SSSR count). The molecule has 3 aromatic carbocycles. The van der Waals surface area contributed by atoms with Crippen molar-refractivity contribution in [1.82, 2.24) is 5.01 Å². The molecular formula is C24H21BrN2O3. The number of fused-ring (bicyclic) bond motifs is 3. The Balaban J connectivity index is 1.62. The Morgan fingerprint density at radius 2 is 1.77 bits per heavy atom. The summed E-state index contributed by atoms with van der Waals surface area (Å²) in [5, 5.41) is 7.06. The van der Waals surface area contributed by atoms with Gasteiger partial charge in [-0.05, 0) is 42.0 Å². The fourth-order valence-electron chi connectivity index (χ4n) is 4.09. The number of hydrogen-bond acceptors (Lipinski definition) is 5. The second-order valence-electron chi connectivity index (χ2n) is 7.27. The van der Waals surface area contributed by atoms with Crippen LogP contribution in [0.5, 0.6) is 17.2 Å². The second-order valence-corrected chi connectivity index (χ2v) is 8.19. The van der Waals surface area contributed by atoms with Crippen LogP contribution in [0.3, 0.4) is 0 Å². The van der Waals surface area contributed by atoms with Crippen LogP contribution in [-0.4, -0.2) is 24.9 Å². The first-order valence-corrected chi connectivity index (χ1v) is 10.6. The van der Waals surface area contributed by atoms with Gasteiger partial charge in [-0.3, -0.25) is 0 Å². The lowest BCUT2D eigenvalue weighted by molar-refractivity contribution is -0.0204. The summed E-state index contributed by atoms with van der Waals surface area (Å²) in [6.45, 7) is 0. The van der Waals surface area contributed by atoms with Gasteiger partial charge in [0.1, 0.15) is 17.2 Å². The lowest BCUT2D eigenvalue weighted by Crippen LogP contribution is -2.33. The smallest absolute Gasteiger partial charge is 0.217 e. The van der Waals surface area contributed by atoms with Crippen molar-refractivity contribution >= 4 is 21.6 Å². The minimum Gasteiger partial charge on any atom is -0.497 e. The Morgan fingerprint density at radius 1 is 0.967 bits per heavy atom. The molecule has 6 heteroatoms. The van der Waals surface area contributed by atoms with Crippen LogP contribution in [0.15, 0.2) is 76.3 Å². The van der Waals surface area contributed by atoms with Gasteiger partial charge >= 0.3 is 0 Å². The molecule has 3 aromatic rings. The largest absolute Gasteiger partial charge is 0.497 e. The number of hydrogen-bond donors (Lipinski definition) is 0. The van der Waals surface area contributed by atoms with Crippen molar-refractivity contribution in [3.05, 3.63) is 87.9 Å². The summed E-state index contributed by atoms with van der Waals surface area (Å²) < 4.78 is 18.6. The molecule has 0 aromatic heterocycles. The average molecular weight is 465 g/mol. The number of methoxy groups -OCH3 is 2. The Bertz CT molecular complexity index is 1110. The number of nitrogens with zero attached hydrogens (tertiary/aromatic N) is 2. The highest BCUT2D eigenvalue weighted by molar-refractivity contribution is 9.10. The molecule has 0 radical (unpaired) electrons. The predicted molar refractivity (Wildman–Crippen MR) is 119 cm³/mol. The van der Waals surface area contributed by atoms with Crippen molar-refractivity contribution < 1.29 is 14.2 Å². The van der Waals surface area contributed by atoms with E-state index in [1.165, 1.54) is 0 Å². The van der Waals surface area contributed by atoms with Gasteiger partial charge in [0, 0.05) is 16.5 Å². The average Bonchev–Trinajstić information content (AvgIpc) is 3.24. The van der Waals surface area contributed by atoms with Crippen molar-refractivity contribution in [2.75, 3.05) is 14.2 Å². The molecule has 2 heterocycles. The van der Waals surface area contributed by atoms with E-state index in [0.29, 0.717) is 0 Å². The summed E-state index contributed by atoms with van der Waals surface area (Å²) in [7, 11) is 3.32. The Morgan fingerprint density at radius 3 is 2.53 bits per heavy atom. The van der Waals surface area contributed by atoms with Gasteiger partial charge in [0.05, 0.1) is 31.5 Å². The number of benzene rings is 3. The highest BCUT2D eigenvalue weighted by atomic mass is 79.9. The number of hydrazone groups is 1. The SMILES string of the molecule is COc1ccc(OC)c([C@@H]2Oc3ccccc3[C@@H]3CC(c4ccc(Br)cc4)=NN32)c1. The maximum atomic E-state index is 6.45. The molecular weight excluding hydrogens is 444 g/mol. The first kappa shape index (κ1) is 19.0. The summed E-state index contributed by atoms with van der Waals surface area (Å²) in [5.74, 6) is 2.37. The van der Waals surface area contributed by atoms with Crippen molar-refractivity contribution in [1.29, 1.82) is 0 Å². The van der Waals surface area contributed by atoms with Gasteiger partial charge in [-0.1, -0.05) is 46.3 Å². The monoisotopic (exact) mass is 464 g/mol. The predicted octanol–water partition coefficient (Wildman–Crippen LogP) is 5.71. The normalized spacial score (nSPS) is 19.4. The molecule has 2 atom stereocenters. The van der Waals surface area contributed by atoms with Crippen molar-refractivity contribution in [3.8, 4) is 17.2 Å².